The van der Waals surface area contributed by atoms with Gasteiger partial charge in [0.05, 0.1) is 28.4 Å². The topological polar surface area (TPSA) is 33.5 Å². The zero-order valence-electron chi connectivity index (χ0n) is 28.8. The summed E-state index contributed by atoms with van der Waals surface area (Å²) >= 11 is 0. The number of benzene rings is 6. The number of aromatic nitrogens is 2. The van der Waals surface area contributed by atoms with Crippen molar-refractivity contribution in [1.29, 1.82) is 0 Å². The van der Waals surface area contributed by atoms with Gasteiger partial charge < -0.3 is 14.5 Å². The van der Waals surface area contributed by atoms with Gasteiger partial charge in [-0.05, 0) is 78.6 Å². The Hall–Kier alpha value is -6.07. The second kappa shape index (κ2) is 11.5. The molecule has 0 saturated heterocycles. The molecule has 0 unspecified atom stereocenters. The highest BCUT2D eigenvalue weighted by atomic mass is 16.5. The summed E-state index contributed by atoms with van der Waals surface area (Å²) in [5.41, 5.74) is 15.4. The number of aryl methyl sites for hydroxylation is 2. The summed E-state index contributed by atoms with van der Waals surface area (Å²) in [6.07, 6.45) is 0. The fourth-order valence-electron chi connectivity index (χ4n) is 7.95. The molecule has 7 aromatic rings. The van der Waals surface area contributed by atoms with Crippen LogP contribution in [-0.2, 0) is 5.41 Å². The molecule has 2 aliphatic rings. The Balaban J connectivity index is 1.13. The molecule has 9 rings (SSSR count). The van der Waals surface area contributed by atoms with Gasteiger partial charge in [0.25, 0.3) is 0 Å². The molecule has 0 fully saturated rings. The minimum Gasteiger partial charge on any atom is -0.457 e. The first kappa shape index (κ1) is 30.0. The Morgan fingerprint density at radius 1 is 0.580 bits per heavy atom. The Morgan fingerprint density at radius 3 is 1.98 bits per heavy atom. The van der Waals surface area contributed by atoms with E-state index in [-0.39, 0.29) is 5.41 Å². The number of hydrogen-bond donors (Lipinski definition) is 0. The molecule has 0 saturated carbocycles. The summed E-state index contributed by atoms with van der Waals surface area (Å²) in [6.45, 7) is 9.45. The van der Waals surface area contributed by atoms with E-state index in [1.165, 1.54) is 50.4 Å². The van der Waals surface area contributed by atoms with E-state index >= 15 is 0 Å². The maximum absolute atomic E-state index is 6.50. The third-order valence-corrected chi connectivity index (χ3v) is 10.3. The van der Waals surface area contributed by atoms with Crippen molar-refractivity contribution < 1.29 is 4.74 Å². The molecule has 0 N–H and O–H groups in total. The van der Waals surface area contributed by atoms with Crippen molar-refractivity contribution in [3.05, 3.63) is 168 Å². The zero-order chi connectivity index (χ0) is 34.0. The van der Waals surface area contributed by atoms with Gasteiger partial charge in [-0.15, -0.1) is 0 Å². The second-order valence-corrected chi connectivity index (χ2v) is 13.8. The number of nitrogens with zero attached hydrogens (tertiary/aromatic N) is 4. The van der Waals surface area contributed by atoms with Crippen LogP contribution in [0.15, 0.2) is 146 Å². The van der Waals surface area contributed by atoms with Gasteiger partial charge in [0.15, 0.2) is 0 Å². The maximum Gasteiger partial charge on any atom is 0.129 e. The Labute approximate surface area is 293 Å². The van der Waals surface area contributed by atoms with Gasteiger partial charge in [-0.3, -0.25) is 0 Å². The zero-order valence-corrected chi connectivity index (χ0v) is 28.8. The summed E-state index contributed by atoms with van der Waals surface area (Å²) in [5, 5.41) is 4.67. The van der Waals surface area contributed by atoms with Gasteiger partial charge in [-0.1, -0.05) is 105 Å². The van der Waals surface area contributed by atoms with E-state index in [1.54, 1.807) is 0 Å². The lowest BCUT2D eigenvalue weighted by atomic mass is 9.82. The van der Waals surface area contributed by atoms with Crippen molar-refractivity contribution in [2.75, 3.05) is 16.5 Å². The predicted octanol–water partition coefficient (Wildman–Crippen LogP) is 11.5. The summed E-state index contributed by atoms with van der Waals surface area (Å²) < 4.78 is 8.46. The molecule has 0 bridgehead atoms. The first-order valence-corrected chi connectivity index (χ1v) is 17.3. The monoisotopic (exact) mass is 650 g/mol. The minimum atomic E-state index is -0.104. The van der Waals surface area contributed by atoms with Gasteiger partial charge in [0, 0.05) is 40.1 Å². The quantitative estimate of drug-likeness (QED) is 0.179. The van der Waals surface area contributed by atoms with E-state index in [0.717, 1.165) is 34.3 Å². The highest BCUT2D eigenvalue weighted by Crippen LogP contribution is 2.57. The smallest absolute Gasteiger partial charge is 0.129 e. The Morgan fingerprint density at radius 2 is 1.24 bits per heavy atom. The largest absolute Gasteiger partial charge is 0.457 e. The lowest BCUT2D eigenvalue weighted by molar-refractivity contribution is 0.482. The summed E-state index contributed by atoms with van der Waals surface area (Å²) in [7, 11) is 0. The fourth-order valence-corrected chi connectivity index (χ4v) is 7.95. The number of ether oxygens (including phenoxy) is 1. The van der Waals surface area contributed by atoms with E-state index in [2.05, 4.69) is 157 Å². The Bertz CT molecular complexity index is 2410. The molecule has 2 heterocycles. The van der Waals surface area contributed by atoms with Crippen LogP contribution in [-0.4, -0.2) is 16.4 Å². The molecular formula is C45H38N4O. The third kappa shape index (κ3) is 4.80. The molecule has 50 heavy (non-hydrogen) atoms. The van der Waals surface area contributed by atoms with Gasteiger partial charge in [-0.25, -0.2) is 4.68 Å². The molecule has 0 spiro atoms. The SMILES string of the molecule is Cc1cc(C)n(-c2cccc(Oc3cccc(N4CN(c5c(-c6ccccc6)ccc6c5-c5ccccc5C6(C)C)c5ccccc54)c3)c2)n1. The highest BCUT2D eigenvalue weighted by molar-refractivity contribution is 6.02. The van der Waals surface area contributed by atoms with Crippen molar-refractivity contribution in [2.45, 2.75) is 33.1 Å². The van der Waals surface area contributed by atoms with E-state index in [0.29, 0.717) is 6.67 Å². The Kier molecular flexibility index (Phi) is 6.92. The third-order valence-electron chi connectivity index (χ3n) is 10.3. The van der Waals surface area contributed by atoms with E-state index in [9.17, 15) is 0 Å². The molecule has 6 aromatic carbocycles. The number of para-hydroxylation sites is 2. The molecule has 1 aromatic heterocycles. The van der Waals surface area contributed by atoms with E-state index in [1.807, 2.05) is 35.9 Å². The summed E-state index contributed by atoms with van der Waals surface area (Å²) in [4.78, 5) is 4.91. The van der Waals surface area contributed by atoms with Crippen molar-refractivity contribution in [3.63, 3.8) is 0 Å². The lowest BCUT2D eigenvalue weighted by Crippen LogP contribution is -2.25. The number of fused-ring (bicyclic) bond motifs is 4. The minimum absolute atomic E-state index is 0.104. The van der Waals surface area contributed by atoms with Crippen molar-refractivity contribution in [3.8, 4) is 39.4 Å². The molecule has 1 aliphatic heterocycles. The van der Waals surface area contributed by atoms with Gasteiger partial charge in [0.2, 0.25) is 0 Å². The normalized spacial score (nSPS) is 14.0. The molecule has 5 nitrogen and oxygen atoms in total. The summed E-state index contributed by atoms with van der Waals surface area (Å²) in [5.74, 6) is 1.55. The first-order chi connectivity index (χ1) is 24.4. The fraction of sp³-hybridized carbons (Fsp3) is 0.133. The molecule has 244 valence electrons. The van der Waals surface area contributed by atoms with Crippen LogP contribution in [0.5, 0.6) is 11.5 Å². The standard InChI is InChI=1S/C45H38N4O/c1-30-26-31(2)49(46-30)34-17-13-19-36(28-34)50-35-18-12-16-33(27-35)47-29-48(42-23-11-10-22-41(42)47)44-37(32-14-6-5-7-15-32)24-25-40-43(44)38-20-8-9-21-39(38)45(40,3)4/h5-28H,29H2,1-4H3. The van der Waals surface area contributed by atoms with Crippen LogP contribution < -0.4 is 14.5 Å². The van der Waals surface area contributed by atoms with Crippen LogP contribution in [0, 0.1) is 13.8 Å². The molecular weight excluding hydrogens is 613 g/mol. The predicted molar refractivity (Wildman–Crippen MR) is 205 cm³/mol. The van der Waals surface area contributed by atoms with Crippen molar-refractivity contribution in [2.24, 2.45) is 0 Å². The lowest BCUT2D eigenvalue weighted by Gasteiger charge is -2.28. The van der Waals surface area contributed by atoms with Crippen LogP contribution in [0.25, 0.3) is 27.9 Å². The van der Waals surface area contributed by atoms with Crippen molar-refractivity contribution >= 4 is 22.7 Å². The molecule has 0 radical (unpaired) electrons. The highest BCUT2D eigenvalue weighted by Gasteiger charge is 2.40. The van der Waals surface area contributed by atoms with Crippen LogP contribution in [0.3, 0.4) is 0 Å². The average molecular weight is 651 g/mol. The molecule has 5 heteroatoms. The molecule has 0 amide bonds. The van der Waals surface area contributed by atoms with Crippen LogP contribution in [0.1, 0.15) is 36.4 Å². The number of hydrogen-bond acceptors (Lipinski definition) is 4. The van der Waals surface area contributed by atoms with Gasteiger partial charge in [-0.2, -0.15) is 5.10 Å². The van der Waals surface area contributed by atoms with Crippen LogP contribution >= 0.6 is 0 Å². The van der Waals surface area contributed by atoms with Crippen LogP contribution in [0.2, 0.25) is 0 Å². The second-order valence-electron chi connectivity index (χ2n) is 13.8. The van der Waals surface area contributed by atoms with Gasteiger partial charge >= 0.3 is 0 Å². The molecule has 1 aliphatic carbocycles. The van der Waals surface area contributed by atoms with E-state index < -0.39 is 0 Å². The number of anilines is 4. The van der Waals surface area contributed by atoms with E-state index in [4.69, 9.17) is 4.74 Å². The van der Waals surface area contributed by atoms with Crippen molar-refractivity contribution in [1.82, 2.24) is 9.78 Å². The van der Waals surface area contributed by atoms with Crippen LogP contribution in [0.4, 0.5) is 22.7 Å². The first-order valence-electron chi connectivity index (χ1n) is 17.3. The number of rotatable bonds is 6. The molecule has 0 atom stereocenters. The van der Waals surface area contributed by atoms with Gasteiger partial charge in [0.1, 0.15) is 18.2 Å². The average Bonchev–Trinajstić information content (AvgIpc) is 3.77. The maximum atomic E-state index is 6.50. The summed E-state index contributed by atoms with van der Waals surface area (Å²) in [6, 6.07) is 51.8.